The summed E-state index contributed by atoms with van der Waals surface area (Å²) < 4.78 is 9.97. The number of aryl methyl sites for hydroxylation is 1. The topological polar surface area (TPSA) is 108 Å². The van der Waals surface area contributed by atoms with Crippen LogP contribution in [0.2, 0.25) is 0 Å². The first kappa shape index (κ1) is 18.9. The van der Waals surface area contributed by atoms with Crippen molar-refractivity contribution in [2.75, 3.05) is 12.4 Å². The van der Waals surface area contributed by atoms with E-state index in [4.69, 9.17) is 9.47 Å². The fraction of sp³-hybridized carbons (Fsp3) is 0.222. The number of rotatable bonds is 6. The molecule has 0 saturated heterocycles. The Balaban J connectivity index is 2.07. The Morgan fingerprint density at radius 3 is 2.54 bits per heavy atom. The van der Waals surface area contributed by atoms with Gasteiger partial charge in [-0.25, -0.2) is 4.79 Å². The number of amides is 1. The van der Waals surface area contributed by atoms with Gasteiger partial charge in [-0.2, -0.15) is 0 Å². The van der Waals surface area contributed by atoms with E-state index in [-0.39, 0.29) is 17.0 Å². The molecule has 0 spiro atoms. The van der Waals surface area contributed by atoms with Gasteiger partial charge in [-0.3, -0.25) is 14.9 Å². The van der Waals surface area contributed by atoms with Crippen LogP contribution in [0, 0.1) is 17.0 Å². The summed E-state index contributed by atoms with van der Waals surface area (Å²) in [5.41, 5.74) is 1.14. The van der Waals surface area contributed by atoms with Crippen molar-refractivity contribution in [1.29, 1.82) is 0 Å². The van der Waals surface area contributed by atoms with Crippen LogP contribution in [0.1, 0.15) is 22.8 Å². The molecule has 8 heteroatoms. The van der Waals surface area contributed by atoms with Crippen LogP contribution in [-0.4, -0.2) is 30.0 Å². The molecule has 0 aliphatic carbocycles. The Kier molecular flexibility index (Phi) is 5.90. The molecule has 0 bridgehead atoms. The Labute approximate surface area is 149 Å². The molecule has 1 atom stereocenters. The predicted octanol–water partition coefficient (Wildman–Crippen LogP) is 3.10. The zero-order valence-corrected chi connectivity index (χ0v) is 14.5. The second-order valence-electron chi connectivity index (χ2n) is 5.55. The molecule has 8 nitrogen and oxygen atoms in total. The van der Waals surface area contributed by atoms with Crippen LogP contribution in [0.4, 0.5) is 11.4 Å². The molecular weight excluding hydrogens is 340 g/mol. The van der Waals surface area contributed by atoms with Gasteiger partial charge in [0, 0.05) is 11.8 Å². The Hall–Kier alpha value is -3.42. The average molecular weight is 358 g/mol. The molecule has 1 amide bonds. The number of methoxy groups -OCH3 is 1. The number of carbonyl (C=O) groups excluding carboxylic acids is 2. The van der Waals surface area contributed by atoms with Crippen molar-refractivity contribution >= 4 is 23.3 Å². The van der Waals surface area contributed by atoms with Gasteiger partial charge in [0.05, 0.1) is 17.6 Å². The monoisotopic (exact) mass is 358 g/mol. The molecule has 136 valence electrons. The molecule has 0 aliphatic rings. The van der Waals surface area contributed by atoms with Crippen LogP contribution in [0.5, 0.6) is 5.75 Å². The first-order chi connectivity index (χ1) is 12.3. The zero-order chi connectivity index (χ0) is 19.3. The fourth-order valence-electron chi connectivity index (χ4n) is 2.21. The van der Waals surface area contributed by atoms with Crippen LogP contribution in [0.25, 0.3) is 0 Å². The van der Waals surface area contributed by atoms with E-state index in [0.717, 1.165) is 11.6 Å². The van der Waals surface area contributed by atoms with Crippen molar-refractivity contribution in [3.05, 3.63) is 63.7 Å². The van der Waals surface area contributed by atoms with E-state index in [0.29, 0.717) is 5.69 Å². The van der Waals surface area contributed by atoms with E-state index in [1.54, 1.807) is 18.2 Å². The van der Waals surface area contributed by atoms with Gasteiger partial charge in [0.25, 0.3) is 5.91 Å². The summed E-state index contributed by atoms with van der Waals surface area (Å²) in [6.07, 6.45) is -1.08. The number of hydrogen-bond acceptors (Lipinski definition) is 6. The third-order valence-corrected chi connectivity index (χ3v) is 3.55. The van der Waals surface area contributed by atoms with Crippen molar-refractivity contribution in [2.45, 2.75) is 20.0 Å². The Bertz CT molecular complexity index is 849. The van der Waals surface area contributed by atoms with E-state index < -0.39 is 22.9 Å². The molecule has 26 heavy (non-hydrogen) atoms. The normalized spacial score (nSPS) is 11.3. The molecule has 0 saturated carbocycles. The highest BCUT2D eigenvalue weighted by Crippen LogP contribution is 2.27. The summed E-state index contributed by atoms with van der Waals surface area (Å²) >= 11 is 0. The highest BCUT2D eigenvalue weighted by atomic mass is 16.6. The standard InChI is InChI=1S/C18H18N2O6/c1-11-5-4-6-14(9-11)19-17(21)12(2)26-18(22)13-7-8-16(25-3)15(10-13)20(23)24/h4-10,12H,1-3H3,(H,19,21)/t12-/m0/s1. The zero-order valence-electron chi connectivity index (χ0n) is 14.5. The number of hydrogen-bond donors (Lipinski definition) is 1. The van der Waals surface area contributed by atoms with E-state index in [1.165, 1.54) is 26.2 Å². The quantitative estimate of drug-likeness (QED) is 0.483. The van der Waals surface area contributed by atoms with E-state index >= 15 is 0 Å². The summed E-state index contributed by atoms with van der Waals surface area (Å²) in [6, 6.07) is 10.8. The summed E-state index contributed by atoms with van der Waals surface area (Å²) in [5.74, 6) is -1.33. The molecule has 2 aromatic rings. The fourth-order valence-corrected chi connectivity index (χ4v) is 2.21. The van der Waals surface area contributed by atoms with Gasteiger partial charge in [0.1, 0.15) is 0 Å². The number of benzene rings is 2. The maximum Gasteiger partial charge on any atom is 0.339 e. The molecule has 0 unspecified atom stereocenters. The van der Waals surface area contributed by atoms with Gasteiger partial charge < -0.3 is 14.8 Å². The number of nitro benzene ring substituents is 1. The second kappa shape index (κ2) is 8.11. The van der Waals surface area contributed by atoms with Crippen molar-refractivity contribution in [3.8, 4) is 5.75 Å². The summed E-state index contributed by atoms with van der Waals surface area (Å²) in [5, 5.41) is 13.7. The van der Waals surface area contributed by atoms with E-state index in [2.05, 4.69) is 5.32 Å². The maximum atomic E-state index is 12.2. The number of nitro groups is 1. The van der Waals surface area contributed by atoms with Gasteiger partial charge in [-0.05, 0) is 43.7 Å². The molecule has 2 aromatic carbocycles. The molecule has 0 radical (unpaired) electrons. The van der Waals surface area contributed by atoms with Gasteiger partial charge in [0.15, 0.2) is 11.9 Å². The minimum absolute atomic E-state index is 0.0248. The van der Waals surface area contributed by atoms with Crippen molar-refractivity contribution in [3.63, 3.8) is 0 Å². The van der Waals surface area contributed by atoms with Gasteiger partial charge in [-0.15, -0.1) is 0 Å². The minimum atomic E-state index is -1.08. The average Bonchev–Trinajstić information content (AvgIpc) is 2.60. The van der Waals surface area contributed by atoms with Crippen LogP contribution < -0.4 is 10.1 Å². The lowest BCUT2D eigenvalue weighted by atomic mass is 10.2. The van der Waals surface area contributed by atoms with Crippen LogP contribution >= 0.6 is 0 Å². The number of ether oxygens (including phenoxy) is 2. The van der Waals surface area contributed by atoms with Crippen molar-refractivity contribution in [2.24, 2.45) is 0 Å². The molecule has 0 heterocycles. The smallest absolute Gasteiger partial charge is 0.339 e. The SMILES string of the molecule is COc1ccc(C(=O)O[C@@H](C)C(=O)Nc2cccc(C)c2)cc1[N+](=O)[O-]. The largest absolute Gasteiger partial charge is 0.490 e. The summed E-state index contributed by atoms with van der Waals surface area (Å²) in [4.78, 5) is 34.7. The maximum absolute atomic E-state index is 12.2. The summed E-state index contributed by atoms with van der Waals surface area (Å²) in [6.45, 7) is 3.30. The van der Waals surface area contributed by atoms with Crippen molar-refractivity contribution < 1.29 is 24.0 Å². The Morgan fingerprint density at radius 2 is 1.92 bits per heavy atom. The highest BCUT2D eigenvalue weighted by molar-refractivity contribution is 5.97. The van der Waals surface area contributed by atoms with Crippen LogP contribution in [-0.2, 0) is 9.53 Å². The summed E-state index contributed by atoms with van der Waals surface area (Å²) in [7, 11) is 1.29. The third-order valence-electron chi connectivity index (χ3n) is 3.55. The van der Waals surface area contributed by atoms with Crippen molar-refractivity contribution in [1.82, 2.24) is 0 Å². The molecule has 2 rings (SSSR count). The number of nitrogens with one attached hydrogen (secondary N) is 1. The Morgan fingerprint density at radius 1 is 1.19 bits per heavy atom. The third kappa shape index (κ3) is 4.56. The van der Waals surface area contributed by atoms with E-state index in [1.807, 2.05) is 13.0 Å². The van der Waals surface area contributed by atoms with Crippen LogP contribution in [0.15, 0.2) is 42.5 Å². The van der Waals surface area contributed by atoms with E-state index in [9.17, 15) is 19.7 Å². The number of anilines is 1. The van der Waals surface area contributed by atoms with Gasteiger partial charge >= 0.3 is 11.7 Å². The minimum Gasteiger partial charge on any atom is -0.490 e. The van der Waals surface area contributed by atoms with Gasteiger partial charge in [-0.1, -0.05) is 12.1 Å². The molecule has 1 N–H and O–H groups in total. The molecular formula is C18H18N2O6. The lowest BCUT2D eigenvalue weighted by Gasteiger charge is -2.14. The number of esters is 1. The van der Waals surface area contributed by atoms with Crippen LogP contribution in [0.3, 0.4) is 0 Å². The second-order valence-corrected chi connectivity index (χ2v) is 5.55. The first-order valence-electron chi connectivity index (χ1n) is 7.72. The lowest BCUT2D eigenvalue weighted by molar-refractivity contribution is -0.385. The predicted molar refractivity (Wildman–Crippen MR) is 94.3 cm³/mol. The molecule has 0 aromatic heterocycles. The van der Waals surface area contributed by atoms with Gasteiger partial charge in [0.2, 0.25) is 0 Å². The highest BCUT2D eigenvalue weighted by Gasteiger charge is 2.22. The number of carbonyl (C=O) groups is 2. The number of nitrogens with zero attached hydrogens (tertiary/aromatic N) is 1. The first-order valence-corrected chi connectivity index (χ1v) is 7.72. The lowest BCUT2D eigenvalue weighted by Crippen LogP contribution is -2.30. The molecule has 0 aliphatic heterocycles. The molecule has 0 fully saturated rings.